The quantitative estimate of drug-likeness (QED) is 0.642. The molecule has 0 amide bonds. The fraction of sp³-hybridized carbons (Fsp3) is 0.263. The maximum Gasteiger partial charge on any atom is 0.195 e. The van der Waals surface area contributed by atoms with E-state index < -0.39 is 6.10 Å². The molecule has 7 heteroatoms. The van der Waals surface area contributed by atoms with Gasteiger partial charge in [-0.1, -0.05) is 29.5 Å². The van der Waals surface area contributed by atoms with E-state index in [0.717, 1.165) is 11.5 Å². The van der Waals surface area contributed by atoms with Crippen LogP contribution in [-0.2, 0) is 0 Å². The maximum absolute atomic E-state index is 12.9. The van der Waals surface area contributed by atoms with Crippen molar-refractivity contribution in [1.29, 1.82) is 0 Å². The second-order valence-corrected chi connectivity index (χ2v) is 6.92. The Morgan fingerprint density at radius 2 is 1.77 bits per heavy atom. The fourth-order valence-corrected chi connectivity index (χ4v) is 3.27. The van der Waals surface area contributed by atoms with Gasteiger partial charge in [0.1, 0.15) is 24.0 Å². The van der Waals surface area contributed by atoms with Gasteiger partial charge >= 0.3 is 0 Å². The SMILES string of the molecule is Cc1ccc(-n2c(C)nnc2SC[C@@H](O)COc2ccc(F)cc2)cc1. The summed E-state index contributed by atoms with van der Waals surface area (Å²) in [5.41, 5.74) is 2.17. The summed E-state index contributed by atoms with van der Waals surface area (Å²) in [5, 5.41) is 19.2. The summed E-state index contributed by atoms with van der Waals surface area (Å²) in [6.45, 7) is 4.05. The van der Waals surface area contributed by atoms with Crippen molar-refractivity contribution < 1.29 is 14.2 Å². The largest absolute Gasteiger partial charge is 0.491 e. The first-order valence-electron chi connectivity index (χ1n) is 8.21. The van der Waals surface area contributed by atoms with Gasteiger partial charge in [-0.15, -0.1) is 10.2 Å². The van der Waals surface area contributed by atoms with E-state index in [1.54, 1.807) is 0 Å². The third kappa shape index (κ3) is 4.62. The van der Waals surface area contributed by atoms with Gasteiger partial charge in [-0.2, -0.15) is 0 Å². The number of thioether (sulfide) groups is 1. The first-order valence-corrected chi connectivity index (χ1v) is 9.20. The third-order valence-corrected chi connectivity index (χ3v) is 4.82. The standard InChI is InChI=1S/C19H20FN3O2S/c1-13-3-7-16(8-4-13)23-14(2)21-22-19(23)26-12-17(24)11-25-18-9-5-15(20)6-10-18/h3-10,17,24H,11-12H2,1-2H3/t17-/m0/s1. The number of aliphatic hydroxyl groups is 1. The topological polar surface area (TPSA) is 60.2 Å². The van der Waals surface area contributed by atoms with E-state index >= 15 is 0 Å². The van der Waals surface area contributed by atoms with Crippen LogP contribution < -0.4 is 4.74 Å². The number of aliphatic hydroxyl groups excluding tert-OH is 1. The zero-order valence-electron chi connectivity index (χ0n) is 14.6. The number of aromatic nitrogens is 3. The molecule has 1 atom stereocenters. The number of hydrogen-bond donors (Lipinski definition) is 1. The van der Waals surface area contributed by atoms with E-state index in [1.165, 1.54) is 41.6 Å². The van der Waals surface area contributed by atoms with Gasteiger partial charge in [-0.3, -0.25) is 4.57 Å². The van der Waals surface area contributed by atoms with Crippen LogP contribution >= 0.6 is 11.8 Å². The van der Waals surface area contributed by atoms with Gasteiger partial charge in [0.05, 0.1) is 6.10 Å². The Morgan fingerprint density at radius 1 is 1.08 bits per heavy atom. The molecule has 0 spiro atoms. The van der Waals surface area contributed by atoms with E-state index in [1.807, 2.05) is 42.7 Å². The van der Waals surface area contributed by atoms with Crippen molar-refractivity contribution in [3.8, 4) is 11.4 Å². The van der Waals surface area contributed by atoms with Crippen molar-refractivity contribution in [3.63, 3.8) is 0 Å². The average Bonchev–Trinajstić information content (AvgIpc) is 3.01. The second kappa shape index (κ2) is 8.33. The Morgan fingerprint density at radius 3 is 2.46 bits per heavy atom. The van der Waals surface area contributed by atoms with Gasteiger partial charge in [0.25, 0.3) is 0 Å². The van der Waals surface area contributed by atoms with Crippen LogP contribution in [0.2, 0.25) is 0 Å². The summed E-state index contributed by atoms with van der Waals surface area (Å²) in [6, 6.07) is 13.8. The Hall–Kier alpha value is -2.38. The van der Waals surface area contributed by atoms with E-state index in [2.05, 4.69) is 10.2 Å². The van der Waals surface area contributed by atoms with Gasteiger partial charge in [0.15, 0.2) is 5.16 Å². The summed E-state index contributed by atoms with van der Waals surface area (Å²) in [6.07, 6.45) is -0.687. The van der Waals surface area contributed by atoms with Crippen LogP contribution in [0, 0.1) is 19.7 Å². The summed E-state index contributed by atoms with van der Waals surface area (Å²) >= 11 is 1.41. The highest BCUT2D eigenvalue weighted by atomic mass is 32.2. The molecule has 0 aliphatic heterocycles. The van der Waals surface area contributed by atoms with E-state index in [-0.39, 0.29) is 12.4 Å². The van der Waals surface area contributed by atoms with Crippen molar-refractivity contribution in [3.05, 3.63) is 65.7 Å². The lowest BCUT2D eigenvalue weighted by atomic mass is 10.2. The van der Waals surface area contributed by atoms with Crippen LogP contribution in [-0.4, -0.2) is 38.3 Å². The van der Waals surface area contributed by atoms with Crippen LogP contribution in [0.4, 0.5) is 4.39 Å². The van der Waals surface area contributed by atoms with Crippen LogP contribution in [0.15, 0.2) is 53.7 Å². The molecule has 26 heavy (non-hydrogen) atoms. The smallest absolute Gasteiger partial charge is 0.195 e. The number of ether oxygens (including phenoxy) is 1. The summed E-state index contributed by atoms with van der Waals surface area (Å²) < 4.78 is 20.3. The molecular weight excluding hydrogens is 353 g/mol. The molecule has 0 bridgehead atoms. The predicted octanol–water partition coefficient (Wildman–Crippen LogP) is 3.56. The molecule has 1 N–H and O–H groups in total. The maximum atomic E-state index is 12.9. The predicted molar refractivity (Wildman–Crippen MR) is 99.5 cm³/mol. The van der Waals surface area contributed by atoms with Crippen LogP contribution in [0.1, 0.15) is 11.4 Å². The van der Waals surface area contributed by atoms with Gasteiger partial charge in [0.2, 0.25) is 0 Å². The minimum atomic E-state index is -0.687. The van der Waals surface area contributed by atoms with E-state index in [0.29, 0.717) is 16.7 Å². The zero-order valence-corrected chi connectivity index (χ0v) is 15.4. The van der Waals surface area contributed by atoms with Crippen LogP contribution in [0.3, 0.4) is 0 Å². The van der Waals surface area contributed by atoms with Gasteiger partial charge in [-0.25, -0.2) is 4.39 Å². The molecule has 1 aromatic heterocycles. The van der Waals surface area contributed by atoms with E-state index in [4.69, 9.17) is 4.74 Å². The molecule has 2 aromatic carbocycles. The van der Waals surface area contributed by atoms with E-state index in [9.17, 15) is 9.50 Å². The van der Waals surface area contributed by atoms with Crippen molar-refractivity contribution in [1.82, 2.24) is 14.8 Å². The normalized spacial score (nSPS) is 12.2. The van der Waals surface area contributed by atoms with Crippen molar-refractivity contribution in [2.24, 2.45) is 0 Å². The molecule has 3 rings (SSSR count). The summed E-state index contributed by atoms with van der Waals surface area (Å²) in [5.74, 6) is 1.40. The lowest BCUT2D eigenvalue weighted by Crippen LogP contribution is -2.20. The number of halogens is 1. The summed E-state index contributed by atoms with van der Waals surface area (Å²) in [7, 11) is 0. The highest BCUT2D eigenvalue weighted by Gasteiger charge is 2.14. The number of hydrogen-bond acceptors (Lipinski definition) is 5. The molecule has 0 radical (unpaired) electrons. The third-order valence-electron chi connectivity index (χ3n) is 3.75. The van der Waals surface area contributed by atoms with Gasteiger partial charge < -0.3 is 9.84 Å². The van der Waals surface area contributed by atoms with Gasteiger partial charge in [-0.05, 0) is 50.2 Å². The number of benzene rings is 2. The molecule has 0 aliphatic carbocycles. The monoisotopic (exact) mass is 373 g/mol. The highest BCUT2D eigenvalue weighted by Crippen LogP contribution is 2.23. The first kappa shape index (κ1) is 18.4. The molecule has 0 saturated carbocycles. The van der Waals surface area contributed by atoms with Gasteiger partial charge in [0, 0.05) is 11.4 Å². The number of aryl methyl sites for hydroxylation is 2. The van der Waals surface area contributed by atoms with Crippen LogP contribution in [0.5, 0.6) is 5.75 Å². The number of rotatable bonds is 7. The van der Waals surface area contributed by atoms with Crippen molar-refractivity contribution in [2.45, 2.75) is 25.1 Å². The molecular formula is C19H20FN3O2S. The van der Waals surface area contributed by atoms with Crippen molar-refractivity contribution in [2.75, 3.05) is 12.4 Å². The molecule has 0 fully saturated rings. The van der Waals surface area contributed by atoms with Crippen molar-refractivity contribution >= 4 is 11.8 Å². The molecule has 0 aliphatic rings. The minimum Gasteiger partial charge on any atom is -0.491 e. The molecule has 0 saturated heterocycles. The lowest BCUT2D eigenvalue weighted by Gasteiger charge is -2.13. The highest BCUT2D eigenvalue weighted by molar-refractivity contribution is 7.99. The average molecular weight is 373 g/mol. The minimum absolute atomic E-state index is 0.121. The molecule has 136 valence electrons. The Bertz CT molecular complexity index is 850. The zero-order chi connectivity index (χ0) is 18.5. The molecule has 0 unspecified atom stereocenters. The molecule has 5 nitrogen and oxygen atoms in total. The Labute approximate surface area is 155 Å². The first-order chi connectivity index (χ1) is 12.5. The second-order valence-electron chi connectivity index (χ2n) is 5.93. The Kier molecular flexibility index (Phi) is 5.90. The summed E-state index contributed by atoms with van der Waals surface area (Å²) in [4.78, 5) is 0. The lowest BCUT2D eigenvalue weighted by molar-refractivity contribution is 0.126. The fourth-order valence-electron chi connectivity index (χ4n) is 2.37. The molecule has 3 aromatic rings. The Balaban J connectivity index is 1.59. The number of nitrogens with zero attached hydrogens (tertiary/aromatic N) is 3. The molecule has 1 heterocycles. The van der Waals surface area contributed by atoms with Crippen LogP contribution in [0.25, 0.3) is 5.69 Å².